The molecule has 29 heavy (non-hydrogen) atoms. The Labute approximate surface area is 181 Å². The van der Waals surface area contributed by atoms with Crippen LogP contribution >= 0.6 is 24.0 Å². The summed E-state index contributed by atoms with van der Waals surface area (Å²) in [5.74, 6) is 0.721. The first-order valence-corrected chi connectivity index (χ1v) is 11.3. The van der Waals surface area contributed by atoms with Gasteiger partial charge in [0, 0.05) is 31.7 Å². The highest BCUT2D eigenvalue weighted by atomic mass is 32.2. The zero-order chi connectivity index (χ0) is 21.1. The highest BCUT2D eigenvalue weighted by Crippen LogP contribution is 2.36. The molecule has 2 saturated heterocycles. The molecule has 1 aromatic heterocycles. The molecule has 1 aromatic rings. The Morgan fingerprint density at radius 1 is 1.24 bits per heavy atom. The molecule has 0 aromatic carbocycles. The number of likely N-dealkylation sites (N-methyl/N-ethyl adjacent to an activating group) is 1. The number of nitrogens with zero attached hydrogens (tertiary/aromatic N) is 4. The number of unbranched alkanes of at least 4 members (excludes halogenated alkanes) is 1. The number of aromatic nitrogens is 1. The topological polar surface area (TPSA) is 69.3 Å². The molecule has 0 aliphatic carbocycles. The molecule has 2 aliphatic rings. The van der Waals surface area contributed by atoms with Gasteiger partial charge in [0.25, 0.3) is 11.5 Å². The quantitative estimate of drug-likeness (QED) is 0.507. The largest absolute Gasteiger partial charge is 0.357 e. The van der Waals surface area contributed by atoms with Crippen LogP contribution < -0.4 is 10.5 Å². The van der Waals surface area contributed by atoms with Gasteiger partial charge in [-0.25, -0.2) is 0 Å². The highest BCUT2D eigenvalue weighted by Gasteiger charge is 2.32. The van der Waals surface area contributed by atoms with E-state index in [-0.39, 0.29) is 17.0 Å². The zero-order valence-electron chi connectivity index (χ0n) is 17.2. The maximum atomic E-state index is 13.1. The van der Waals surface area contributed by atoms with E-state index in [1.54, 1.807) is 16.4 Å². The van der Waals surface area contributed by atoms with Gasteiger partial charge in [-0.2, -0.15) is 5.26 Å². The number of hydrogen-bond donors (Lipinski definition) is 0. The number of nitriles is 1. The highest BCUT2D eigenvalue weighted by molar-refractivity contribution is 8.26. The second kappa shape index (κ2) is 9.14. The van der Waals surface area contributed by atoms with Crippen LogP contribution in [0, 0.1) is 18.3 Å². The third kappa shape index (κ3) is 3.99. The van der Waals surface area contributed by atoms with Gasteiger partial charge < -0.3 is 4.90 Å². The van der Waals surface area contributed by atoms with E-state index in [1.165, 1.54) is 11.8 Å². The SMILES string of the molecule is CCCCn1c(N2CCCC2)c(C=C2SC(=S)N(CC)C2=O)c(C)c(C#N)c1=O. The Bertz CT molecular complexity index is 968. The number of hydrogen-bond acceptors (Lipinski definition) is 6. The Morgan fingerprint density at radius 3 is 2.48 bits per heavy atom. The smallest absolute Gasteiger partial charge is 0.270 e. The molecule has 3 rings (SSSR count). The fourth-order valence-electron chi connectivity index (χ4n) is 3.84. The molecule has 0 bridgehead atoms. The number of amides is 1. The number of carbonyl (C=O) groups excluding carboxylic acids is 1. The third-order valence-corrected chi connectivity index (χ3v) is 6.83. The van der Waals surface area contributed by atoms with Crippen LogP contribution in [0.4, 0.5) is 5.82 Å². The van der Waals surface area contributed by atoms with E-state index >= 15 is 0 Å². The van der Waals surface area contributed by atoms with Gasteiger partial charge in [0.05, 0.1) is 4.91 Å². The average molecular weight is 431 g/mol. The van der Waals surface area contributed by atoms with Crippen molar-refractivity contribution in [1.29, 1.82) is 5.26 Å². The maximum Gasteiger partial charge on any atom is 0.270 e. The molecule has 0 unspecified atom stereocenters. The summed E-state index contributed by atoms with van der Waals surface area (Å²) in [6.07, 6.45) is 5.77. The van der Waals surface area contributed by atoms with Gasteiger partial charge in [-0.05, 0) is 44.7 Å². The standard InChI is InChI=1S/C21H26N4O2S2/c1-4-6-11-25-18(23-9-7-8-10-23)15(14(3)16(13-22)19(25)26)12-17-20(27)24(5-2)21(28)29-17/h12H,4-11H2,1-3H3. The van der Waals surface area contributed by atoms with Crippen molar-refractivity contribution >= 4 is 46.1 Å². The van der Waals surface area contributed by atoms with E-state index in [9.17, 15) is 14.9 Å². The molecule has 1 amide bonds. The lowest BCUT2D eigenvalue weighted by molar-refractivity contribution is -0.121. The Kier molecular flexibility index (Phi) is 6.81. The maximum absolute atomic E-state index is 13.1. The molecule has 0 radical (unpaired) electrons. The number of anilines is 1. The predicted octanol–water partition coefficient (Wildman–Crippen LogP) is 3.65. The molecule has 6 nitrogen and oxygen atoms in total. The van der Waals surface area contributed by atoms with Crippen LogP contribution in [0.2, 0.25) is 0 Å². The second-order valence-electron chi connectivity index (χ2n) is 7.28. The minimum atomic E-state index is -0.237. The van der Waals surface area contributed by atoms with Crippen molar-refractivity contribution < 1.29 is 4.79 Å². The van der Waals surface area contributed by atoms with Gasteiger partial charge in [0.1, 0.15) is 21.8 Å². The predicted molar refractivity (Wildman–Crippen MR) is 122 cm³/mol. The fourth-order valence-corrected chi connectivity index (χ4v) is 5.21. The molecule has 3 heterocycles. The van der Waals surface area contributed by atoms with Gasteiger partial charge in [-0.1, -0.05) is 37.3 Å². The van der Waals surface area contributed by atoms with Crippen molar-refractivity contribution in [3.8, 4) is 6.07 Å². The van der Waals surface area contributed by atoms with Gasteiger partial charge in [-0.15, -0.1) is 0 Å². The van der Waals surface area contributed by atoms with Crippen LogP contribution in [0.25, 0.3) is 6.08 Å². The number of pyridine rings is 1. The normalized spacial score (nSPS) is 18.2. The minimum Gasteiger partial charge on any atom is -0.357 e. The number of carbonyl (C=O) groups is 1. The van der Waals surface area contributed by atoms with E-state index in [0.29, 0.717) is 27.9 Å². The lowest BCUT2D eigenvalue weighted by atomic mass is 10.0. The van der Waals surface area contributed by atoms with Crippen LogP contribution in [0.5, 0.6) is 0 Å². The Morgan fingerprint density at radius 2 is 1.93 bits per heavy atom. The van der Waals surface area contributed by atoms with Gasteiger partial charge in [-0.3, -0.25) is 19.1 Å². The minimum absolute atomic E-state index is 0.112. The number of thioether (sulfide) groups is 1. The van der Waals surface area contributed by atoms with E-state index in [2.05, 4.69) is 17.9 Å². The van der Waals surface area contributed by atoms with Crippen molar-refractivity contribution in [3.63, 3.8) is 0 Å². The summed E-state index contributed by atoms with van der Waals surface area (Å²) in [6, 6.07) is 2.09. The van der Waals surface area contributed by atoms with Gasteiger partial charge in [0.2, 0.25) is 0 Å². The summed E-state index contributed by atoms with van der Waals surface area (Å²) in [4.78, 5) is 30.2. The molecular weight excluding hydrogens is 404 g/mol. The summed E-state index contributed by atoms with van der Waals surface area (Å²) in [5, 5.41) is 9.67. The average Bonchev–Trinajstić information content (AvgIpc) is 3.31. The Hall–Kier alpha value is -2.11. The molecule has 2 aliphatic heterocycles. The molecular formula is C21H26N4O2S2. The number of thiocarbonyl (C=S) groups is 1. The van der Waals surface area contributed by atoms with Crippen LogP contribution in [-0.4, -0.2) is 39.3 Å². The molecule has 154 valence electrons. The molecule has 0 saturated carbocycles. The summed E-state index contributed by atoms with van der Waals surface area (Å²) in [6.45, 7) is 8.61. The van der Waals surface area contributed by atoms with Crippen LogP contribution in [0.15, 0.2) is 9.70 Å². The summed E-state index contributed by atoms with van der Waals surface area (Å²) in [5.41, 5.74) is 1.34. The Balaban J connectivity index is 2.25. The molecule has 0 N–H and O–H groups in total. The lowest BCUT2D eigenvalue weighted by Gasteiger charge is -2.27. The summed E-state index contributed by atoms with van der Waals surface area (Å²) >= 11 is 6.63. The second-order valence-corrected chi connectivity index (χ2v) is 8.96. The first kappa shape index (κ1) is 21.6. The first-order chi connectivity index (χ1) is 13.9. The van der Waals surface area contributed by atoms with Crippen molar-refractivity contribution in [2.45, 2.75) is 53.0 Å². The lowest BCUT2D eigenvalue weighted by Crippen LogP contribution is -2.33. The van der Waals surface area contributed by atoms with E-state index in [0.717, 1.165) is 50.2 Å². The van der Waals surface area contributed by atoms with Gasteiger partial charge >= 0.3 is 0 Å². The van der Waals surface area contributed by atoms with Crippen molar-refractivity contribution in [2.75, 3.05) is 24.5 Å². The van der Waals surface area contributed by atoms with Crippen molar-refractivity contribution in [1.82, 2.24) is 9.47 Å². The van der Waals surface area contributed by atoms with E-state index in [1.807, 2.05) is 13.0 Å². The fraction of sp³-hybridized carbons (Fsp3) is 0.524. The van der Waals surface area contributed by atoms with Crippen molar-refractivity contribution in [3.05, 3.63) is 31.9 Å². The van der Waals surface area contributed by atoms with Gasteiger partial charge in [0.15, 0.2) is 0 Å². The first-order valence-electron chi connectivity index (χ1n) is 10.1. The molecule has 0 spiro atoms. The number of rotatable bonds is 6. The summed E-state index contributed by atoms with van der Waals surface area (Å²) < 4.78 is 2.29. The van der Waals surface area contributed by atoms with Crippen LogP contribution in [-0.2, 0) is 11.3 Å². The van der Waals surface area contributed by atoms with E-state index in [4.69, 9.17) is 12.2 Å². The third-order valence-electron chi connectivity index (χ3n) is 5.45. The van der Waals surface area contributed by atoms with Crippen LogP contribution in [0.1, 0.15) is 56.2 Å². The monoisotopic (exact) mass is 430 g/mol. The zero-order valence-corrected chi connectivity index (χ0v) is 18.8. The van der Waals surface area contributed by atoms with Crippen molar-refractivity contribution in [2.24, 2.45) is 0 Å². The van der Waals surface area contributed by atoms with Crippen LogP contribution in [0.3, 0.4) is 0 Å². The summed E-state index contributed by atoms with van der Waals surface area (Å²) in [7, 11) is 0. The molecule has 2 fully saturated rings. The molecule has 8 heteroatoms. The van der Waals surface area contributed by atoms with E-state index < -0.39 is 0 Å². The molecule has 0 atom stereocenters.